The minimum atomic E-state index is -0.167. The van der Waals surface area contributed by atoms with Crippen LogP contribution < -0.4 is 5.32 Å². The van der Waals surface area contributed by atoms with Crippen molar-refractivity contribution in [3.05, 3.63) is 83.4 Å². The fraction of sp³-hybridized carbons (Fsp3) is 0.150. The van der Waals surface area contributed by atoms with Crippen LogP contribution in [0, 0.1) is 11.8 Å². The lowest BCUT2D eigenvalue weighted by Crippen LogP contribution is -2.24. The number of benzene rings is 1. The van der Waals surface area contributed by atoms with E-state index in [0.29, 0.717) is 12.0 Å². The van der Waals surface area contributed by atoms with E-state index in [0.717, 1.165) is 16.8 Å². The van der Waals surface area contributed by atoms with Gasteiger partial charge in [-0.1, -0.05) is 42.2 Å². The molecule has 1 amide bonds. The number of rotatable bonds is 4. The number of aromatic nitrogens is 3. The van der Waals surface area contributed by atoms with Crippen LogP contribution in [0.25, 0.3) is 0 Å². The zero-order valence-corrected chi connectivity index (χ0v) is 13.9. The van der Waals surface area contributed by atoms with Gasteiger partial charge in [-0.25, -0.2) is 0 Å². The highest BCUT2D eigenvalue weighted by atomic mass is 16.1. The molecule has 0 aliphatic heterocycles. The summed E-state index contributed by atoms with van der Waals surface area (Å²) in [6.07, 6.45) is 5.64. The van der Waals surface area contributed by atoms with Gasteiger partial charge in [0.05, 0.1) is 24.0 Å². The van der Waals surface area contributed by atoms with E-state index < -0.39 is 0 Å². The van der Waals surface area contributed by atoms with Gasteiger partial charge in [-0.05, 0) is 17.7 Å². The summed E-state index contributed by atoms with van der Waals surface area (Å²) in [5.74, 6) is 5.73. The first-order chi connectivity index (χ1) is 12.2. The van der Waals surface area contributed by atoms with Gasteiger partial charge in [0, 0.05) is 31.4 Å². The molecule has 5 heteroatoms. The highest BCUT2D eigenvalue weighted by molar-refractivity contribution is 5.95. The third-order valence-corrected chi connectivity index (χ3v) is 3.75. The zero-order chi connectivity index (χ0) is 17.5. The van der Waals surface area contributed by atoms with Crippen LogP contribution in [0.4, 0.5) is 0 Å². The lowest BCUT2D eigenvalue weighted by Gasteiger charge is -2.06. The Morgan fingerprint density at radius 3 is 2.76 bits per heavy atom. The largest absolute Gasteiger partial charge is 0.341 e. The van der Waals surface area contributed by atoms with E-state index in [4.69, 9.17) is 0 Å². The third kappa shape index (κ3) is 4.33. The smallest absolute Gasteiger partial charge is 0.255 e. The summed E-state index contributed by atoms with van der Waals surface area (Å²) in [5, 5.41) is 7.04. The van der Waals surface area contributed by atoms with Gasteiger partial charge in [-0.3, -0.25) is 14.5 Å². The van der Waals surface area contributed by atoms with Crippen molar-refractivity contribution in [2.75, 3.05) is 6.54 Å². The minimum absolute atomic E-state index is 0.167. The predicted octanol–water partition coefficient (Wildman–Crippen LogP) is 2.19. The Labute approximate surface area is 146 Å². The first kappa shape index (κ1) is 16.5. The molecule has 0 bridgehead atoms. The number of nitrogens with one attached hydrogen (secondary N) is 1. The lowest BCUT2D eigenvalue weighted by molar-refractivity contribution is 0.0957. The normalized spacial score (nSPS) is 9.96. The SMILES string of the molecule is Cn1ncc(C(=O)NCC#Cc2cccnc2)c1Cc1ccccc1. The molecular formula is C20H18N4O. The average molecular weight is 330 g/mol. The zero-order valence-electron chi connectivity index (χ0n) is 13.9. The van der Waals surface area contributed by atoms with E-state index in [2.05, 4.69) is 27.2 Å². The number of aryl methyl sites for hydroxylation is 1. The van der Waals surface area contributed by atoms with Gasteiger partial charge < -0.3 is 5.32 Å². The number of hydrogen-bond donors (Lipinski definition) is 1. The first-order valence-electron chi connectivity index (χ1n) is 7.96. The Balaban J connectivity index is 1.66. The van der Waals surface area contributed by atoms with Crippen LogP contribution in [0.5, 0.6) is 0 Å². The van der Waals surface area contributed by atoms with Crippen LogP contribution in [0.1, 0.15) is 27.2 Å². The van der Waals surface area contributed by atoms with Crippen molar-refractivity contribution >= 4 is 5.91 Å². The van der Waals surface area contributed by atoms with E-state index in [9.17, 15) is 4.79 Å². The summed E-state index contributed by atoms with van der Waals surface area (Å²) < 4.78 is 1.74. The van der Waals surface area contributed by atoms with E-state index in [-0.39, 0.29) is 12.5 Å². The molecule has 0 unspecified atom stereocenters. The molecule has 3 rings (SSSR count). The second-order valence-electron chi connectivity index (χ2n) is 5.52. The molecule has 0 saturated heterocycles. The van der Waals surface area contributed by atoms with Crippen molar-refractivity contribution in [3.63, 3.8) is 0 Å². The quantitative estimate of drug-likeness (QED) is 0.746. The van der Waals surface area contributed by atoms with Crippen LogP contribution in [0.15, 0.2) is 61.1 Å². The van der Waals surface area contributed by atoms with Crippen LogP contribution in [0.2, 0.25) is 0 Å². The highest BCUT2D eigenvalue weighted by Gasteiger charge is 2.15. The maximum Gasteiger partial charge on any atom is 0.255 e. The summed E-state index contributed by atoms with van der Waals surface area (Å²) in [6, 6.07) is 13.7. The lowest BCUT2D eigenvalue weighted by atomic mass is 10.1. The van der Waals surface area contributed by atoms with Gasteiger partial charge in [0.15, 0.2) is 0 Å². The van der Waals surface area contributed by atoms with Gasteiger partial charge in [-0.2, -0.15) is 5.10 Å². The summed E-state index contributed by atoms with van der Waals surface area (Å²) in [7, 11) is 1.84. The molecule has 0 saturated carbocycles. The Kier molecular flexibility index (Phi) is 5.22. The Bertz CT molecular complexity index is 905. The maximum absolute atomic E-state index is 12.4. The van der Waals surface area contributed by atoms with E-state index in [1.54, 1.807) is 23.3 Å². The van der Waals surface area contributed by atoms with Crippen LogP contribution in [0.3, 0.4) is 0 Å². The number of pyridine rings is 1. The topological polar surface area (TPSA) is 59.8 Å². The summed E-state index contributed by atoms with van der Waals surface area (Å²) >= 11 is 0. The molecule has 0 spiro atoms. The number of nitrogens with zero attached hydrogens (tertiary/aromatic N) is 3. The molecule has 0 aliphatic rings. The van der Waals surface area contributed by atoms with Crippen LogP contribution in [-0.4, -0.2) is 27.2 Å². The van der Waals surface area contributed by atoms with E-state index in [1.807, 2.05) is 49.5 Å². The van der Waals surface area contributed by atoms with E-state index >= 15 is 0 Å². The molecule has 25 heavy (non-hydrogen) atoms. The third-order valence-electron chi connectivity index (χ3n) is 3.75. The molecule has 0 radical (unpaired) electrons. The molecule has 124 valence electrons. The average Bonchev–Trinajstić information content (AvgIpc) is 3.01. The second kappa shape index (κ2) is 7.93. The number of hydrogen-bond acceptors (Lipinski definition) is 3. The van der Waals surface area contributed by atoms with Crippen molar-refractivity contribution in [2.24, 2.45) is 7.05 Å². The van der Waals surface area contributed by atoms with Crippen LogP contribution >= 0.6 is 0 Å². The van der Waals surface area contributed by atoms with Crippen molar-refractivity contribution in [1.29, 1.82) is 0 Å². The van der Waals surface area contributed by atoms with Gasteiger partial charge in [-0.15, -0.1) is 0 Å². The summed E-state index contributed by atoms with van der Waals surface area (Å²) in [4.78, 5) is 16.4. The summed E-state index contributed by atoms with van der Waals surface area (Å²) in [6.45, 7) is 0.271. The maximum atomic E-state index is 12.4. The molecule has 1 aromatic carbocycles. The van der Waals surface area contributed by atoms with Crippen molar-refractivity contribution < 1.29 is 4.79 Å². The number of amides is 1. The predicted molar refractivity (Wildman–Crippen MR) is 95.9 cm³/mol. The standard InChI is InChI=1S/C20H18N4O/c1-24-19(13-16-7-3-2-4-8-16)18(15-23-24)20(25)22-12-6-10-17-9-5-11-21-14-17/h2-5,7-9,11,14-15H,12-13H2,1H3,(H,22,25). The highest BCUT2D eigenvalue weighted by Crippen LogP contribution is 2.13. The molecule has 3 aromatic rings. The number of carbonyl (C=O) groups excluding carboxylic acids is 1. The molecule has 1 N–H and O–H groups in total. The molecular weight excluding hydrogens is 312 g/mol. The monoisotopic (exact) mass is 330 g/mol. The molecule has 0 fully saturated rings. The van der Waals surface area contributed by atoms with Gasteiger partial charge in [0.1, 0.15) is 0 Å². The Morgan fingerprint density at radius 2 is 2.00 bits per heavy atom. The molecule has 2 aromatic heterocycles. The van der Waals surface area contributed by atoms with E-state index in [1.165, 1.54) is 0 Å². The Morgan fingerprint density at radius 1 is 1.16 bits per heavy atom. The van der Waals surface area contributed by atoms with Crippen molar-refractivity contribution in [2.45, 2.75) is 6.42 Å². The molecule has 0 atom stereocenters. The Hall–Kier alpha value is -3.39. The van der Waals surface area contributed by atoms with Crippen molar-refractivity contribution in [3.8, 4) is 11.8 Å². The summed E-state index contributed by atoms with van der Waals surface area (Å²) in [5.41, 5.74) is 3.41. The van der Waals surface area contributed by atoms with Crippen molar-refractivity contribution in [1.82, 2.24) is 20.1 Å². The number of carbonyl (C=O) groups is 1. The fourth-order valence-electron chi connectivity index (χ4n) is 2.45. The fourth-order valence-corrected chi connectivity index (χ4v) is 2.45. The van der Waals surface area contributed by atoms with Crippen LogP contribution in [-0.2, 0) is 13.5 Å². The van der Waals surface area contributed by atoms with Gasteiger partial charge in [0.25, 0.3) is 5.91 Å². The second-order valence-corrected chi connectivity index (χ2v) is 5.52. The first-order valence-corrected chi connectivity index (χ1v) is 7.96. The van der Waals surface area contributed by atoms with Gasteiger partial charge in [0.2, 0.25) is 0 Å². The van der Waals surface area contributed by atoms with Gasteiger partial charge >= 0.3 is 0 Å². The minimum Gasteiger partial charge on any atom is -0.341 e. The molecule has 2 heterocycles. The molecule has 0 aliphatic carbocycles. The molecule has 5 nitrogen and oxygen atoms in total.